The molecule has 0 bridgehead atoms. The van der Waals surface area contributed by atoms with Crippen molar-refractivity contribution in [2.75, 3.05) is 53.4 Å². The van der Waals surface area contributed by atoms with E-state index in [-0.39, 0.29) is 11.4 Å². The second kappa shape index (κ2) is 9.93. The molecule has 0 fully saturated rings. The van der Waals surface area contributed by atoms with Gasteiger partial charge in [0.05, 0.1) is 26.0 Å². The summed E-state index contributed by atoms with van der Waals surface area (Å²) in [6.45, 7) is 1.22. The SMILES string of the molecule is COc1cc(C(=O)N(CCCN(C)C)c2nc3c(F)cccc3s2)cc(OC)c1OC. The minimum absolute atomic E-state index is 0.262. The molecule has 0 radical (unpaired) electrons. The van der Waals surface area contributed by atoms with E-state index >= 15 is 0 Å². The Balaban J connectivity index is 2.04. The maximum absolute atomic E-state index is 14.2. The molecule has 0 aliphatic rings. The monoisotopic (exact) mass is 447 g/mol. The number of benzene rings is 2. The largest absolute Gasteiger partial charge is 0.493 e. The lowest BCUT2D eigenvalue weighted by Crippen LogP contribution is -2.33. The number of para-hydroxylation sites is 1. The molecule has 0 saturated heterocycles. The van der Waals surface area contributed by atoms with Crippen molar-refractivity contribution >= 4 is 32.6 Å². The van der Waals surface area contributed by atoms with Gasteiger partial charge in [-0.15, -0.1) is 0 Å². The fraction of sp³-hybridized carbons (Fsp3) is 0.364. The number of carbonyl (C=O) groups excluding carboxylic acids is 1. The van der Waals surface area contributed by atoms with E-state index in [0.29, 0.717) is 39.2 Å². The molecule has 1 amide bonds. The van der Waals surface area contributed by atoms with Gasteiger partial charge in [0.1, 0.15) is 11.3 Å². The highest BCUT2D eigenvalue weighted by molar-refractivity contribution is 7.22. The number of carbonyl (C=O) groups is 1. The van der Waals surface area contributed by atoms with Crippen LogP contribution in [0.1, 0.15) is 16.8 Å². The number of aromatic nitrogens is 1. The van der Waals surface area contributed by atoms with Gasteiger partial charge in [0.25, 0.3) is 5.91 Å². The summed E-state index contributed by atoms with van der Waals surface area (Å²) in [5, 5.41) is 0.442. The zero-order valence-corrected chi connectivity index (χ0v) is 19.1. The third-order valence-corrected chi connectivity index (χ3v) is 5.78. The van der Waals surface area contributed by atoms with E-state index < -0.39 is 5.82 Å². The zero-order chi connectivity index (χ0) is 22.5. The quantitative estimate of drug-likeness (QED) is 0.493. The predicted octanol–water partition coefficient (Wildman–Crippen LogP) is 4.06. The van der Waals surface area contributed by atoms with Crippen molar-refractivity contribution in [3.05, 3.63) is 41.7 Å². The van der Waals surface area contributed by atoms with Crippen LogP contribution >= 0.6 is 11.3 Å². The Morgan fingerprint density at radius 1 is 1.06 bits per heavy atom. The molecule has 0 aliphatic heterocycles. The molecule has 31 heavy (non-hydrogen) atoms. The third-order valence-electron chi connectivity index (χ3n) is 4.73. The number of methoxy groups -OCH3 is 3. The average molecular weight is 448 g/mol. The predicted molar refractivity (Wildman–Crippen MR) is 121 cm³/mol. The smallest absolute Gasteiger partial charge is 0.260 e. The van der Waals surface area contributed by atoms with Crippen LogP contribution in [0.2, 0.25) is 0 Å². The van der Waals surface area contributed by atoms with Crippen LogP contribution < -0.4 is 19.1 Å². The maximum atomic E-state index is 14.2. The zero-order valence-electron chi connectivity index (χ0n) is 18.3. The first kappa shape index (κ1) is 22.8. The molecule has 7 nitrogen and oxygen atoms in total. The highest BCUT2D eigenvalue weighted by Crippen LogP contribution is 2.39. The molecule has 3 rings (SSSR count). The molecule has 9 heteroatoms. The van der Waals surface area contributed by atoms with E-state index in [9.17, 15) is 9.18 Å². The number of ether oxygens (including phenoxy) is 3. The highest BCUT2D eigenvalue weighted by atomic mass is 32.1. The first-order chi connectivity index (χ1) is 14.9. The number of thiazole rings is 1. The Morgan fingerprint density at radius 2 is 1.74 bits per heavy atom. The van der Waals surface area contributed by atoms with E-state index in [0.717, 1.165) is 13.0 Å². The van der Waals surface area contributed by atoms with Crippen molar-refractivity contribution in [3.8, 4) is 17.2 Å². The molecule has 0 spiro atoms. The van der Waals surface area contributed by atoms with Gasteiger partial charge in [-0.2, -0.15) is 0 Å². The lowest BCUT2D eigenvalue weighted by molar-refractivity contribution is 0.0985. The second-order valence-electron chi connectivity index (χ2n) is 7.11. The number of fused-ring (bicyclic) bond motifs is 1. The maximum Gasteiger partial charge on any atom is 0.260 e. The minimum atomic E-state index is -0.409. The Hall–Kier alpha value is -2.91. The molecule has 0 aliphatic carbocycles. The van der Waals surface area contributed by atoms with E-state index in [1.165, 1.54) is 38.7 Å². The summed E-state index contributed by atoms with van der Waals surface area (Å²) in [6, 6.07) is 8.01. The van der Waals surface area contributed by atoms with Crippen LogP contribution in [0.5, 0.6) is 17.2 Å². The van der Waals surface area contributed by atoms with Crippen molar-refractivity contribution in [2.45, 2.75) is 6.42 Å². The Labute approximate surface area is 185 Å². The van der Waals surface area contributed by atoms with Crippen LogP contribution in [-0.2, 0) is 0 Å². The van der Waals surface area contributed by atoms with Crippen LogP contribution in [0.15, 0.2) is 30.3 Å². The van der Waals surface area contributed by atoms with Gasteiger partial charge in [0.2, 0.25) is 5.75 Å². The number of rotatable bonds is 9. The van der Waals surface area contributed by atoms with Gasteiger partial charge in [-0.3, -0.25) is 9.69 Å². The number of hydrogen-bond acceptors (Lipinski definition) is 7. The molecule has 1 heterocycles. The van der Waals surface area contributed by atoms with E-state index in [4.69, 9.17) is 14.2 Å². The van der Waals surface area contributed by atoms with Crippen molar-refractivity contribution in [1.82, 2.24) is 9.88 Å². The van der Waals surface area contributed by atoms with Crippen LogP contribution in [0.4, 0.5) is 9.52 Å². The number of anilines is 1. The Kier molecular flexibility index (Phi) is 7.29. The molecule has 0 saturated carbocycles. The van der Waals surface area contributed by atoms with Crippen molar-refractivity contribution in [2.24, 2.45) is 0 Å². The summed E-state index contributed by atoms with van der Waals surface area (Å²) in [5.41, 5.74) is 0.622. The number of hydrogen-bond donors (Lipinski definition) is 0. The summed E-state index contributed by atoms with van der Waals surface area (Å²) in [4.78, 5) is 21.6. The van der Waals surface area contributed by atoms with Crippen molar-refractivity contribution in [1.29, 1.82) is 0 Å². The van der Waals surface area contributed by atoms with Crippen LogP contribution in [0.3, 0.4) is 0 Å². The summed E-state index contributed by atoms with van der Waals surface area (Å²) in [5.74, 6) is 0.483. The van der Waals surface area contributed by atoms with Gasteiger partial charge in [0.15, 0.2) is 16.6 Å². The molecular weight excluding hydrogens is 421 g/mol. The summed E-state index contributed by atoms with van der Waals surface area (Å²) >= 11 is 1.28. The first-order valence-electron chi connectivity index (χ1n) is 9.71. The van der Waals surface area contributed by atoms with Crippen LogP contribution in [0, 0.1) is 5.82 Å². The van der Waals surface area contributed by atoms with Crippen molar-refractivity contribution in [3.63, 3.8) is 0 Å². The van der Waals surface area contributed by atoms with Gasteiger partial charge in [-0.05, 0) is 51.3 Å². The molecular formula is C22H26FN3O4S. The van der Waals surface area contributed by atoms with Crippen LogP contribution in [-0.4, -0.2) is 64.3 Å². The van der Waals surface area contributed by atoms with Gasteiger partial charge in [-0.25, -0.2) is 9.37 Å². The fourth-order valence-electron chi connectivity index (χ4n) is 3.21. The summed E-state index contributed by atoms with van der Waals surface area (Å²) in [7, 11) is 8.44. The molecule has 0 N–H and O–H groups in total. The van der Waals surface area contributed by atoms with Gasteiger partial charge in [-0.1, -0.05) is 17.4 Å². The number of amides is 1. The molecule has 166 valence electrons. The fourth-order valence-corrected chi connectivity index (χ4v) is 4.21. The lowest BCUT2D eigenvalue weighted by atomic mass is 10.1. The Bertz CT molecular complexity index is 1050. The molecule has 0 atom stereocenters. The first-order valence-corrected chi connectivity index (χ1v) is 10.5. The van der Waals surface area contributed by atoms with Gasteiger partial charge in [0, 0.05) is 12.1 Å². The van der Waals surface area contributed by atoms with Gasteiger partial charge >= 0.3 is 0 Å². The third kappa shape index (κ3) is 4.88. The number of halogens is 1. The Morgan fingerprint density at radius 3 is 2.29 bits per heavy atom. The lowest BCUT2D eigenvalue weighted by Gasteiger charge is -2.22. The standard InChI is InChI=1S/C22H26FN3O4S/c1-25(2)10-7-11-26(22-24-19-15(23)8-6-9-18(19)31-22)21(27)14-12-16(28-3)20(30-5)17(13-14)29-4/h6,8-9,12-13H,7,10-11H2,1-5H3. The van der Waals surface area contributed by atoms with E-state index in [1.807, 2.05) is 19.0 Å². The van der Waals surface area contributed by atoms with Crippen molar-refractivity contribution < 1.29 is 23.4 Å². The highest BCUT2D eigenvalue weighted by Gasteiger charge is 2.25. The summed E-state index contributed by atoms with van der Waals surface area (Å²) in [6.07, 6.45) is 0.724. The van der Waals surface area contributed by atoms with Gasteiger partial charge < -0.3 is 19.1 Å². The van der Waals surface area contributed by atoms with E-state index in [1.54, 1.807) is 29.2 Å². The molecule has 1 aromatic heterocycles. The average Bonchev–Trinajstić information content (AvgIpc) is 3.20. The number of nitrogens with zero attached hydrogens (tertiary/aromatic N) is 3. The topological polar surface area (TPSA) is 64.1 Å². The summed E-state index contributed by atoms with van der Waals surface area (Å²) < 4.78 is 31.0. The van der Waals surface area contributed by atoms with Crippen LogP contribution in [0.25, 0.3) is 10.2 Å². The minimum Gasteiger partial charge on any atom is -0.493 e. The normalized spacial score (nSPS) is 11.1. The molecule has 3 aromatic rings. The van der Waals surface area contributed by atoms with E-state index in [2.05, 4.69) is 4.98 Å². The molecule has 0 unspecified atom stereocenters. The molecule has 2 aromatic carbocycles. The second-order valence-corrected chi connectivity index (χ2v) is 8.12.